The number of rotatable bonds is 2. The van der Waals surface area contributed by atoms with Crippen molar-refractivity contribution >= 4 is 28.3 Å². The van der Waals surface area contributed by atoms with Gasteiger partial charge in [-0.1, -0.05) is 6.07 Å². The van der Waals surface area contributed by atoms with Crippen molar-refractivity contribution in [2.75, 3.05) is 0 Å². The minimum atomic E-state index is -0.495. The summed E-state index contributed by atoms with van der Waals surface area (Å²) in [6, 6.07) is 5.90. The molecule has 0 aliphatic carbocycles. The topological polar surface area (TPSA) is 73.8 Å². The maximum absolute atomic E-state index is 11.0. The van der Waals surface area contributed by atoms with Gasteiger partial charge in [0.1, 0.15) is 0 Å². The third-order valence-corrected chi connectivity index (χ3v) is 3.59. The fourth-order valence-corrected chi connectivity index (χ4v) is 2.49. The average molecular weight is 258 g/mol. The lowest BCUT2D eigenvalue weighted by Gasteiger charge is -1.98. The van der Waals surface area contributed by atoms with E-state index < -0.39 is 5.91 Å². The molecule has 0 aliphatic rings. The molecule has 0 radical (unpaired) electrons. The zero-order valence-electron chi connectivity index (χ0n) is 9.62. The number of thiazole rings is 1. The lowest BCUT2D eigenvalue weighted by atomic mass is 10.1. The number of fused-ring (bicyclic) bond motifs is 1. The number of carbonyl (C=O) groups excluding carboxylic acids is 1. The number of imidazole rings is 1. The molecule has 1 aromatic carbocycles. The molecule has 0 unspecified atom stereocenters. The van der Waals surface area contributed by atoms with Gasteiger partial charge >= 0.3 is 0 Å². The highest BCUT2D eigenvalue weighted by Gasteiger charge is 2.09. The molecule has 1 amide bonds. The van der Waals surface area contributed by atoms with Crippen LogP contribution in [0.4, 0.5) is 0 Å². The average Bonchev–Trinajstić information content (AvgIpc) is 2.96. The normalized spacial score (nSPS) is 10.9. The van der Waals surface area contributed by atoms with Crippen molar-refractivity contribution in [2.24, 2.45) is 12.8 Å². The van der Waals surface area contributed by atoms with Gasteiger partial charge in [0.2, 0.25) is 0 Å². The van der Waals surface area contributed by atoms with Gasteiger partial charge in [-0.3, -0.25) is 4.79 Å². The minimum Gasteiger partial charge on any atom is -0.364 e. The molecule has 0 saturated heterocycles. The Morgan fingerprint density at radius 1 is 1.44 bits per heavy atom. The van der Waals surface area contributed by atoms with Crippen LogP contribution in [0.3, 0.4) is 0 Å². The van der Waals surface area contributed by atoms with Gasteiger partial charge in [-0.05, 0) is 12.1 Å². The van der Waals surface area contributed by atoms with E-state index in [1.807, 2.05) is 35.2 Å². The van der Waals surface area contributed by atoms with E-state index in [9.17, 15) is 4.79 Å². The zero-order chi connectivity index (χ0) is 12.7. The van der Waals surface area contributed by atoms with Crippen LogP contribution in [-0.2, 0) is 7.05 Å². The van der Waals surface area contributed by atoms with Crippen molar-refractivity contribution in [3.63, 3.8) is 0 Å². The molecule has 90 valence electrons. The molecule has 0 aliphatic heterocycles. The van der Waals surface area contributed by atoms with Crippen LogP contribution in [0.5, 0.6) is 0 Å². The second-order valence-corrected chi connectivity index (χ2v) is 4.82. The fourth-order valence-electron chi connectivity index (χ4n) is 1.81. The van der Waals surface area contributed by atoms with Crippen LogP contribution in [0.2, 0.25) is 0 Å². The summed E-state index contributed by atoms with van der Waals surface area (Å²) in [4.78, 5) is 19.5. The maximum Gasteiger partial charge on any atom is 0.277 e. The quantitative estimate of drug-likeness (QED) is 0.761. The Morgan fingerprint density at radius 3 is 3.00 bits per heavy atom. The number of primary amides is 1. The number of carbonyl (C=O) groups is 1. The van der Waals surface area contributed by atoms with Crippen LogP contribution in [0, 0.1) is 0 Å². The van der Waals surface area contributed by atoms with Crippen LogP contribution in [0.1, 0.15) is 9.80 Å². The van der Waals surface area contributed by atoms with Crippen LogP contribution in [-0.4, -0.2) is 20.4 Å². The Hall–Kier alpha value is -2.21. The predicted molar refractivity (Wildman–Crippen MR) is 70.3 cm³/mol. The standard InChI is InChI=1S/C12H10N4OS/c1-16-6-14-8-4-7(2-3-10(8)16)9-5-18-12(15-9)11(13)17/h2-6H,1H3,(H2,13,17). The Kier molecular flexibility index (Phi) is 2.38. The summed E-state index contributed by atoms with van der Waals surface area (Å²) in [5, 5.41) is 2.15. The fraction of sp³-hybridized carbons (Fsp3) is 0.0833. The molecule has 3 aromatic rings. The second kappa shape index (κ2) is 3.92. The van der Waals surface area contributed by atoms with E-state index in [1.54, 1.807) is 6.33 Å². The number of nitrogens with zero attached hydrogens (tertiary/aromatic N) is 3. The van der Waals surface area contributed by atoms with Gasteiger partial charge in [0, 0.05) is 18.0 Å². The van der Waals surface area contributed by atoms with Crippen molar-refractivity contribution in [1.29, 1.82) is 0 Å². The van der Waals surface area contributed by atoms with Crippen molar-refractivity contribution in [1.82, 2.24) is 14.5 Å². The summed E-state index contributed by atoms with van der Waals surface area (Å²) < 4.78 is 1.95. The molecule has 6 heteroatoms. The van der Waals surface area contributed by atoms with Gasteiger partial charge in [0.15, 0.2) is 5.01 Å². The molecule has 2 heterocycles. The van der Waals surface area contributed by atoms with Gasteiger partial charge in [-0.2, -0.15) is 0 Å². The first-order valence-corrected chi connectivity index (χ1v) is 6.20. The highest BCUT2D eigenvalue weighted by atomic mass is 32.1. The lowest BCUT2D eigenvalue weighted by Crippen LogP contribution is -2.10. The van der Waals surface area contributed by atoms with Crippen LogP contribution >= 0.6 is 11.3 Å². The summed E-state index contributed by atoms with van der Waals surface area (Å²) in [7, 11) is 1.95. The second-order valence-electron chi connectivity index (χ2n) is 3.96. The highest BCUT2D eigenvalue weighted by molar-refractivity contribution is 7.12. The number of hydrogen-bond acceptors (Lipinski definition) is 4. The van der Waals surface area contributed by atoms with Crippen LogP contribution < -0.4 is 5.73 Å². The van der Waals surface area contributed by atoms with E-state index in [-0.39, 0.29) is 0 Å². The van der Waals surface area contributed by atoms with E-state index in [0.717, 1.165) is 22.3 Å². The molecule has 5 nitrogen and oxygen atoms in total. The molecule has 2 N–H and O–H groups in total. The Labute approximate surface area is 107 Å². The van der Waals surface area contributed by atoms with Crippen molar-refractivity contribution in [3.05, 3.63) is 34.9 Å². The molecular weight excluding hydrogens is 248 g/mol. The first-order valence-electron chi connectivity index (χ1n) is 5.32. The first kappa shape index (κ1) is 10.9. The summed E-state index contributed by atoms with van der Waals surface area (Å²) >= 11 is 1.25. The number of nitrogens with two attached hydrogens (primary N) is 1. The summed E-state index contributed by atoms with van der Waals surface area (Å²) in [6.45, 7) is 0. The first-order chi connectivity index (χ1) is 8.65. The van der Waals surface area contributed by atoms with E-state index >= 15 is 0 Å². The minimum absolute atomic E-state index is 0.325. The molecule has 0 atom stereocenters. The summed E-state index contributed by atoms with van der Waals surface area (Å²) in [5.74, 6) is -0.495. The van der Waals surface area contributed by atoms with E-state index in [2.05, 4.69) is 9.97 Å². The van der Waals surface area contributed by atoms with E-state index in [1.165, 1.54) is 11.3 Å². The zero-order valence-corrected chi connectivity index (χ0v) is 10.4. The molecule has 3 rings (SSSR count). The van der Waals surface area contributed by atoms with Crippen molar-refractivity contribution < 1.29 is 4.79 Å². The summed E-state index contributed by atoms with van der Waals surface area (Å²) in [6.07, 6.45) is 1.77. The monoisotopic (exact) mass is 258 g/mol. The van der Waals surface area contributed by atoms with Crippen molar-refractivity contribution in [2.45, 2.75) is 0 Å². The Morgan fingerprint density at radius 2 is 2.28 bits per heavy atom. The molecular formula is C12H10N4OS. The number of aromatic nitrogens is 3. The largest absolute Gasteiger partial charge is 0.364 e. The van der Waals surface area contributed by atoms with Crippen molar-refractivity contribution in [3.8, 4) is 11.3 Å². The molecule has 0 fully saturated rings. The molecule has 0 spiro atoms. The SMILES string of the molecule is Cn1cnc2cc(-c3csc(C(N)=O)n3)ccc21. The van der Waals surface area contributed by atoms with Gasteiger partial charge < -0.3 is 10.3 Å². The van der Waals surface area contributed by atoms with Gasteiger partial charge in [-0.25, -0.2) is 9.97 Å². The number of amides is 1. The van der Waals surface area contributed by atoms with Gasteiger partial charge in [-0.15, -0.1) is 11.3 Å². The van der Waals surface area contributed by atoms with E-state index in [0.29, 0.717) is 5.01 Å². The van der Waals surface area contributed by atoms with E-state index in [4.69, 9.17) is 5.73 Å². The lowest BCUT2D eigenvalue weighted by molar-refractivity contribution is 0.1000. The summed E-state index contributed by atoms with van der Waals surface area (Å²) in [5.41, 5.74) is 8.84. The Bertz CT molecular complexity index is 743. The van der Waals surface area contributed by atoms with Crippen LogP contribution in [0.25, 0.3) is 22.3 Å². The molecule has 2 aromatic heterocycles. The third-order valence-electron chi connectivity index (χ3n) is 2.74. The molecule has 18 heavy (non-hydrogen) atoms. The van der Waals surface area contributed by atoms with Gasteiger partial charge in [0.25, 0.3) is 5.91 Å². The Balaban J connectivity index is 2.10. The number of benzene rings is 1. The number of aryl methyl sites for hydroxylation is 1. The maximum atomic E-state index is 11.0. The van der Waals surface area contributed by atoms with Gasteiger partial charge in [0.05, 0.1) is 23.1 Å². The molecule has 0 saturated carbocycles. The smallest absolute Gasteiger partial charge is 0.277 e. The third kappa shape index (κ3) is 1.67. The van der Waals surface area contributed by atoms with Crippen LogP contribution in [0.15, 0.2) is 29.9 Å². The predicted octanol–water partition coefficient (Wildman–Crippen LogP) is 1.80. The highest BCUT2D eigenvalue weighted by Crippen LogP contribution is 2.24. The number of hydrogen-bond donors (Lipinski definition) is 1. The molecule has 0 bridgehead atoms.